The van der Waals surface area contributed by atoms with Crippen LogP contribution in [0.5, 0.6) is 5.75 Å². The first kappa shape index (κ1) is 14.6. The highest BCUT2D eigenvalue weighted by atomic mass is 79.9. The van der Waals surface area contributed by atoms with Crippen LogP contribution in [0.15, 0.2) is 45.3 Å². The molecule has 2 rings (SSSR count). The first-order valence-electron chi connectivity index (χ1n) is 5.80. The highest BCUT2D eigenvalue weighted by Crippen LogP contribution is 2.33. The van der Waals surface area contributed by atoms with Crippen molar-refractivity contribution in [3.05, 3.63) is 62.0 Å². The number of hydrogen-bond acceptors (Lipinski definition) is 2. The lowest BCUT2D eigenvalue weighted by molar-refractivity contribution is 0.214. The van der Waals surface area contributed by atoms with E-state index in [0.29, 0.717) is 5.75 Å². The molecule has 2 aromatic carbocycles. The number of benzene rings is 2. The third kappa shape index (κ3) is 3.19. The van der Waals surface area contributed by atoms with E-state index in [1.54, 1.807) is 7.11 Å². The molecule has 0 saturated carbocycles. The standard InChI is InChI=1S/C15H14Br2O2/c1-9-3-4-10(7-13(9)17)15(18)12-8-11(16)5-6-14(12)19-2/h3-8,15,18H,1-2H3. The molecule has 19 heavy (non-hydrogen) atoms. The van der Waals surface area contributed by atoms with Gasteiger partial charge in [-0.25, -0.2) is 0 Å². The summed E-state index contributed by atoms with van der Waals surface area (Å²) in [5.41, 5.74) is 2.71. The van der Waals surface area contributed by atoms with Crippen molar-refractivity contribution in [3.63, 3.8) is 0 Å². The van der Waals surface area contributed by atoms with Crippen LogP contribution >= 0.6 is 31.9 Å². The number of ether oxygens (including phenoxy) is 1. The predicted molar refractivity (Wildman–Crippen MR) is 83.6 cm³/mol. The maximum absolute atomic E-state index is 10.5. The minimum atomic E-state index is -0.718. The third-order valence-electron chi connectivity index (χ3n) is 3.00. The summed E-state index contributed by atoms with van der Waals surface area (Å²) >= 11 is 6.90. The quantitative estimate of drug-likeness (QED) is 0.835. The van der Waals surface area contributed by atoms with Crippen molar-refractivity contribution in [2.24, 2.45) is 0 Å². The lowest BCUT2D eigenvalue weighted by atomic mass is 10.00. The van der Waals surface area contributed by atoms with Crippen molar-refractivity contribution in [1.82, 2.24) is 0 Å². The molecule has 0 aliphatic rings. The highest BCUT2D eigenvalue weighted by molar-refractivity contribution is 9.10. The molecule has 0 saturated heterocycles. The van der Waals surface area contributed by atoms with Crippen LogP contribution in [0, 0.1) is 6.92 Å². The van der Waals surface area contributed by atoms with Crippen molar-refractivity contribution in [2.75, 3.05) is 7.11 Å². The summed E-state index contributed by atoms with van der Waals surface area (Å²) in [6.45, 7) is 2.01. The second-order valence-electron chi connectivity index (χ2n) is 4.30. The van der Waals surface area contributed by atoms with E-state index in [4.69, 9.17) is 4.74 Å². The molecule has 1 unspecified atom stereocenters. The van der Waals surface area contributed by atoms with Crippen LogP contribution in [-0.4, -0.2) is 12.2 Å². The van der Waals surface area contributed by atoms with E-state index in [9.17, 15) is 5.11 Å². The van der Waals surface area contributed by atoms with Crippen molar-refractivity contribution >= 4 is 31.9 Å². The van der Waals surface area contributed by atoms with E-state index in [0.717, 1.165) is 25.6 Å². The van der Waals surface area contributed by atoms with Crippen molar-refractivity contribution < 1.29 is 9.84 Å². The maximum atomic E-state index is 10.5. The lowest BCUT2D eigenvalue weighted by Crippen LogP contribution is -2.03. The molecular weight excluding hydrogens is 372 g/mol. The number of hydrogen-bond donors (Lipinski definition) is 1. The van der Waals surface area contributed by atoms with Gasteiger partial charge in [0.05, 0.1) is 7.11 Å². The van der Waals surface area contributed by atoms with Gasteiger partial charge in [-0.2, -0.15) is 0 Å². The Bertz CT molecular complexity index is 597. The molecule has 0 spiro atoms. The molecule has 0 aromatic heterocycles. The van der Waals surface area contributed by atoms with Crippen molar-refractivity contribution in [2.45, 2.75) is 13.0 Å². The first-order chi connectivity index (χ1) is 9.02. The Morgan fingerprint density at radius 1 is 1.11 bits per heavy atom. The molecule has 1 N–H and O–H groups in total. The molecule has 0 fully saturated rings. The zero-order valence-corrected chi connectivity index (χ0v) is 13.8. The Hall–Kier alpha value is -0.840. The fraction of sp³-hybridized carbons (Fsp3) is 0.200. The minimum absolute atomic E-state index is 0.674. The molecule has 4 heteroatoms. The molecule has 0 amide bonds. The van der Waals surface area contributed by atoms with Crippen LogP contribution in [0.4, 0.5) is 0 Å². The molecule has 100 valence electrons. The van der Waals surface area contributed by atoms with Gasteiger partial charge in [-0.3, -0.25) is 0 Å². The highest BCUT2D eigenvalue weighted by Gasteiger charge is 2.16. The van der Waals surface area contributed by atoms with Gasteiger partial charge in [0.2, 0.25) is 0 Å². The summed E-state index contributed by atoms with van der Waals surface area (Å²) in [5.74, 6) is 0.674. The Morgan fingerprint density at radius 3 is 2.47 bits per heavy atom. The van der Waals surface area contributed by atoms with Crippen LogP contribution in [0.3, 0.4) is 0 Å². The number of aryl methyl sites for hydroxylation is 1. The normalized spacial score (nSPS) is 12.3. The minimum Gasteiger partial charge on any atom is -0.496 e. The van der Waals surface area contributed by atoms with E-state index in [1.165, 1.54) is 0 Å². The molecule has 0 aliphatic heterocycles. The topological polar surface area (TPSA) is 29.5 Å². The lowest BCUT2D eigenvalue weighted by Gasteiger charge is -2.16. The van der Waals surface area contributed by atoms with Crippen LogP contribution in [0.2, 0.25) is 0 Å². The van der Waals surface area contributed by atoms with Crippen molar-refractivity contribution in [3.8, 4) is 5.75 Å². The summed E-state index contributed by atoms with van der Waals surface area (Å²) in [5, 5.41) is 10.5. The fourth-order valence-corrected chi connectivity index (χ4v) is 2.65. The van der Waals surface area contributed by atoms with Gasteiger partial charge < -0.3 is 9.84 Å². The Labute approximate surface area is 129 Å². The number of halogens is 2. The largest absolute Gasteiger partial charge is 0.496 e. The maximum Gasteiger partial charge on any atom is 0.125 e. The zero-order valence-electron chi connectivity index (χ0n) is 10.7. The van der Waals surface area contributed by atoms with E-state index in [2.05, 4.69) is 31.9 Å². The number of rotatable bonds is 3. The van der Waals surface area contributed by atoms with Gasteiger partial charge in [-0.1, -0.05) is 44.0 Å². The van der Waals surface area contributed by atoms with Gasteiger partial charge >= 0.3 is 0 Å². The number of aliphatic hydroxyl groups excluding tert-OH is 1. The number of methoxy groups -OCH3 is 1. The molecular formula is C15H14Br2O2. The Balaban J connectivity index is 2.45. The summed E-state index contributed by atoms with van der Waals surface area (Å²) in [7, 11) is 1.60. The van der Waals surface area contributed by atoms with Crippen LogP contribution in [-0.2, 0) is 0 Å². The fourth-order valence-electron chi connectivity index (χ4n) is 1.88. The summed E-state index contributed by atoms with van der Waals surface area (Å²) in [6.07, 6.45) is -0.718. The molecule has 0 radical (unpaired) electrons. The average molecular weight is 386 g/mol. The van der Waals surface area contributed by atoms with Crippen molar-refractivity contribution in [1.29, 1.82) is 0 Å². The Kier molecular flexibility index (Phi) is 4.66. The summed E-state index contributed by atoms with van der Waals surface area (Å²) in [4.78, 5) is 0. The second kappa shape index (κ2) is 6.07. The van der Waals surface area contributed by atoms with Gasteiger partial charge in [0.15, 0.2) is 0 Å². The molecule has 0 heterocycles. The third-order valence-corrected chi connectivity index (χ3v) is 4.35. The van der Waals surface area contributed by atoms with E-state index >= 15 is 0 Å². The number of aliphatic hydroxyl groups is 1. The van der Waals surface area contributed by atoms with E-state index in [1.807, 2.05) is 43.3 Å². The molecule has 0 bridgehead atoms. The van der Waals surface area contributed by atoms with Gasteiger partial charge in [0.25, 0.3) is 0 Å². The van der Waals surface area contributed by atoms with E-state index in [-0.39, 0.29) is 0 Å². The Morgan fingerprint density at radius 2 is 1.84 bits per heavy atom. The molecule has 1 atom stereocenters. The van der Waals surface area contributed by atoms with Gasteiger partial charge in [0, 0.05) is 14.5 Å². The van der Waals surface area contributed by atoms with Gasteiger partial charge in [-0.15, -0.1) is 0 Å². The monoisotopic (exact) mass is 384 g/mol. The van der Waals surface area contributed by atoms with Gasteiger partial charge in [-0.05, 0) is 42.3 Å². The van der Waals surface area contributed by atoms with Crippen LogP contribution in [0.25, 0.3) is 0 Å². The van der Waals surface area contributed by atoms with Gasteiger partial charge in [0.1, 0.15) is 11.9 Å². The van der Waals surface area contributed by atoms with Crippen LogP contribution in [0.1, 0.15) is 22.8 Å². The second-order valence-corrected chi connectivity index (χ2v) is 6.07. The molecule has 2 nitrogen and oxygen atoms in total. The van der Waals surface area contributed by atoms with E-state index < -0.39 is 6.10 Å². The average Bonchev–Trinajstić information content (AvgIpc) is 2.41. The predicted octanol–water partition coefficient (Wildman–Crippen LogP) is 4.61. The summed E-state index contributed by atoms with van der Waals surface area (Å²) in [6, 6.07) is 11.4. The first-order valence-corrected chi connectivity index (χ1v) is 7.39. The zero-order chi connectivity index (χ0) is 14.0. The van der Waals surface area contributed by atoms with Crippen LogP contribution < -0.4 is 4.74 Å². The summed E-state index contributed by atoms with van der Waals surface area (Å²) < 4.78 is 7.20. The SMILES string of the molecule is COc1ccc(Br)cc1C(O)c1ccc(C)c(Br)c1. The molecule has 0 aliphatic carbocycles. The smallest absolute Gasteiger partial charge is 0.125 e. The molecule has 2 aromatic rings.